The van der Waals surface area contributed by atoms with Crippen LogP contribution in [0.25, 0.3) is 0 Å². The molecule has 0 aromatic carbocycles. The van der Waals surface area contributed by atoms with Gasteiger partial charge < -0.3 is 31.1 Å². The fraction of sp³-hybridized carbons (Fsp3) is 0.758. The van der Waals surface area contributed by atoms with E-state index in [4.69, 9.17) is 0 Å². The second-order valence-electron chi connectivity index (χ2n) is 12.9. The first kappa shape index (κ1) is 43.7. The molecule has 3 atom stereocenters. The first-order chi connectivity index (χ1) is 20.9. The zero-order valence-corrected chi connectivity index (χ0v) is 30.0. The lowest BCUT2D eigenvalue weighted by atomic mass is 9.85. The van der Waals surface area contributed by atoms with Crippen LogP contribution in [0.5, 0.6) is 0 Å². The predicted molar refractivity (Wildman–Crippen MR) is 179 cm³/mol. The van der Waals surface area contributed by atoms with Crippen molar-refractivity contribution in [1.29, 1.82) is 0 Å². The Bertz CT molecular complexity index is 972. The van der Waals surface area contributed by atoms with Gasteiger partial charge in [0, 0.05) is 26.2 Å². The van der Waals surface area contributed by atoms with Crippen LogP contribution in [0.4, 0.5) is 4.79 Å². The van der Waals surface area contributed by atoms with Crippen LogP contribution in [-0.2, 0) is 24.0 Å². The van der Waals surface area contributed by atoms with E-state index in [1.165, 1.54) is 15.9 Å². The number of likely N-dealkylation sites (tertiary alicyclic amines) is 1. The van der Waals surface area contributed by atoms with Gasteiger partial charge in [-0.15, -0.1) is 6.58 Å². The summed E-state index contributed by atoms with van der Waals surface area (Å²) in [6, 6.07) is -3.56. The van der Waals surface area contributed by atoms with Crippen LogP contribution < -0.4 is 21.3 Å². The van der Waals surface area contributed by atoms with Crippen LogP contribution >= 0.6 is 0 Å². The van der Waals surface area contributed by atoms with Gasteiger partial charge in [0.1, 0.15) is 12.1 Å². The largest absolute Gasteiger partial charge is 0.346 e. The second kappa shape index (κ2) is 22.1. The maximum absolute atomic E-state index is 13.6. The molecule has 12 heteroatoms. The molecule has 12 nitrogen and oxygen atoms in total. The quantitative estimate of drug-likeness (QED) is 0.179. The Morgan fingerprint density at radius 1 is 0.978 bits per heavy atom. The molecule has 1 fully saturated rings. The minimum atomic E-state index is -1.02. The molecule has 0 radical (unpaired) electrons. The third-order valence-corrected chi connectivity index (χ3v) is 6.64. The van der Waals surface area contributed by atoms with Crippen molar-refractivity contribution in [3.05, 3.63) is 12.7 Å². The van der Waals surface area contributed by atoms with Crippen molar-refractivity contribution in [2.24, 2.45) is 11.3 Å². The van der Waals surface area contributed by atoms with Crippen LogP contribution in [0.2, 0.25) is 0 Å². The van der Waals surface area contributed by atoms with E-state index in [2.05, 4.69) is 48.6 Å². The Morgan fingerprint density at radius 3 is 2.00 bits per heavy atom. The molecule has 45 heavy (non-hydrogen) atoms. The van der Waals surface area contributed by atoms with Gasteiger partial charge in [-0.25, -0.2) is 4.79 Å². The maximum atomic E-state index is 13.6. The van der Waals surface area contributed by atoms with E-state index in [1.807, 2.05) is 34.6 Å². The van der Waals surface area contributed by atoms with Crippen LogP contribution in [0, 0.1) is 11.3 Å². The van der Waals surface area contributed by atoms with Crippen molar-refractivity contribution in [3.8, 4) is 0 Å². The minimum Gasteiger partial charge on any atom is -0.346 e. The molecule has 0 bridgehead atoms. The van der Waals surface area contributed by atoms with Gasteiger partial charge >= 0.3 is 6.03 Å². The Morgan fingerprint density at radius 2 is 1.53 bits per heavy atom. The molecule has 0 saturated carbocycles. The average molecular weight is 639 g/mol. The second-order valence-corrected chi connectivity index (χ2v) is 12.9. The summed E-state index contributed by atoms with van der Waals surface area (Å²) in [5, 5.41) is 10.3. The molecule has 1 heterocycles. The first-order valence-corrected chi connectivity index (χ1v) is 16.2. The molecule has 1 aliphatic heterocycles. The average Bonchev–Trinajstić information content (AvgIpc) is 3.46. The summed E-state index contributed by atoms with van der Waals surface area (Å²) in [7, 11) is 1.64. The number of hydrogen-bond acceptors (Lipinski definition) is 6. The maximum Gasteiger partial charge on any atom is 0.315 e. The first-order valence-electron chi connectivity index (χ1n) is 16.2. The number of carbonyl (C=O) groups is 6. The van der Waals surface area contributed by atoms with Gasteiger partial charge in [-0.1, -0.05) is 74.8 Å². The van der Waals surface area contributed by atoms with Gasteiger partial charge in [-0.3, -0.25) is 24.0 Å². The molecule has 0 aromatic rings. The van der Waals surface area contributed by atoms with Gasteiger partial charge in [0.15, 0.2) is 0 Å². The Balaban J connectivity index is 0. The molecule has 1 rings (SSSR count). The fourth-order valence-corrected chi connectivity index (χ4v) is 4.10. The molecule has 260 valence electrons. The highest BCUT2D eigenvalue weighted by Gasteiger charge is 2.42. The summed E-state index contributed by atoms with van der Waals surface area (Å²) in [5.74, 6) is -1.98. The number of likely N-dealkylation sites (N-methyl/N-ethyl adjacent to an activating group) is 1. The normalized spacial score (nSPS) is 15.3. The molecule has 0 aromatic heterocycles. The van der Waals surface area contributed by atoms with Crippen LogP contribution in [0.3, 0.4) is 0 Å². The minimum absolute atomic E-state index is 0.0294. The number of urea groups is 1. The SMILES string of the molecule is C=CCNC(=O)C(=O)C(CCC)NC(=O)C1CCCN1C(=O)C(NC(=O)NCC(=O)N(C)C(C)C)C(C)(C)C.CC.CC(C)C. The van der Waals surface area contributed by atoms with Gasteiger partial charge in [0.05, 0.1) is 12.6 Å². The highest BCUT2D eigenvalue weighted by atomic mass is 16.2. The molecular weight excluding hydrogens is 576 g/mol. The predicted octanol–water partition coefficient (Wildman–Crippen LogP) is 3.40. The van der Waals surface area contributed by atoms with Crippen molar-refractivity contribution in [1.82, 2.24) is 31.1 Å². The summed E-state index contributed by atoms with van der Waals surface area (Å²) in [6.45, 7) is 25.1. The molecule has 3 unspecified atom stereocenters. The summed E-state index contributed by atoms with van der Waals surface area (Å²) in [5.41, 5.74) is -0.708. The monoisotopic (exact) mass is 638 g/mol. The van der Waals surface area contributed by atoms with Crippen LogP contribution in [0.15, 0.2) is 12.7 Å². The van der Waals surface area contributed by atoms with E-state index >= 15 is 0 Å². The lowest BCUT2D eigenvalue weighted by Gasteiger charge is -2.35. The number of Topliss-reactive ketones (excluding diaryl/α,β-unsaturated/α-hetero) is 1. The summed E-state index contributed by atoms with van der Waals surface area (Å²) >= 11 is 0. The van der Waals surface area contributed by atoms with Crippen molar-refractivity contribution in [2.45, 2.75) is 126 Å². The lowest BCUT2D eigenvalue weighted by Crippen LogP contribution is -2.60. The zero-order valence-electron chi connectivity index (χ0n) is 30.0. The fourth-order valence-electron chi connectivity index (χ4n) is 4.10. The molecule has 0 spiro atoms. The van der Waals surface area contributed by atoms with Gasteiger partial charge in [0.25, 0.3) is 5.91 Å². The Labute approximate surface area is 271 Å². The van der Waals surface area contributed by atoms with E-state index in [0.717, 1.165) is 5.92 Å². The third kappa shape index (κ3) is 16.4. The molecule has 0 aliphatic carbocycles. The number of nitrogens with one attached hydrogen (secondary N) is 4. The van der Waals surface area contributed by atoms with Crippen molar-refractivity contribution >= 4 is 35.4 Å². The highest BCUT2D eigenvalue weighted by Crippen LogP contribution is 2.26. The van der Waals surface area contributed by atoms with Crippen LogP contribution in [0.1, 0.15) is 102 Å². The van der Waals surface area contributed by atoms with Gasteiger partial charge in [-0.2, -0.15) is 0 Å². The molecule has 6 amide bonds. The van der Waals surface area contributed by atoms with Crippen molar-refractivity contribution < 1.29 is 28.8 Å². The summed E-state index contributed by atoms with van der Waals surface area (Å²) in [6.07, 6.45) is 3.22. The van der Waals surface area contributed by atoms with Crippen LogP contribution in [-0.4, -0.2) is 96.1 Å². The summed E-state index contributed by atoms with van der Waals surface area (Å²) < 4.78 is 0. The number of hydrogen-bond donors (Lipinski definition) is 4. The number of nitrogens with zero attached hydrogens (tertiary/aromatic N) is 2. The topological polar surface area (TPSA) is 157 Å². The van der Waals surface area contributed by atoms with Gasteiger partial charge in [0.2, 0.25) is 23.5 Å². The number of amides is 6. The van der Waals surface area contributed by atoms with E-state index in [0.29, 0.717) is 25.8 Å². The molecular formula is C33H62N6O6. The molecule has 4 N–H and O–H groups in total. The standard InChI is InChI=1S/C27H46N6O6.C4H10.C2H6/c1-9-12-18(21(35)24(37)28-14-10-2)30-23(36)19-13-11-15-33(19)25(38)22(27(5,6)7)31-26(39)29-16-20(34)32(8)17(3)4;1-4(2)3;1-2/h10,17-19,22H,2,9,11-16H2,1,3-8H3,(H,28,37)(H,30,36)(H2,29,31,39);4H,1-3H3;1-2H3. The number of ketones is 1. The highest BCUT2D eigenvalue weighted by molar-refractivity contribution is 6.38. The van der Waals surface area contributed by atoms with E-state index in [1.54, 1.807) is 27.8 Å². The number of rotatable bonds is 13. The molecule has 1 saturated heterocycles. The Hall–Kier alpha value is -3.44. The van der Waals surface area contributed by atoms with Crippen molar-refractivity contribution in [3.63, 3.8) is 0 Å². The lowest BCUT2D eigenvalue weighted by molar-refractivity contribution is -0.143. The van der Waals surface area contributed by atoms with E-state index in [-0.39, 0.29) is 31.5 Å². The van der Waals surface area contributed by atoms with Gasteiger partial charge in [-0.05, 0) is 44.4 Å². The van der Waals surface area contributed by atoms with Crippen molar-refractivity contribution in [2.75, 3.05) is 26.7 Å². The third-order valence-electron chi connectivity index (χ3n) is 6.64. The Kier molecular flexibility index (Phi) is 21.5. The number of carbonyl (C=O) groups excluding carboxylic acids is 6. The van der Waals surface area contributed by atoms with E-state index in [9.17, 15) is 28.8 Å². The summed E-state index contributed by atoms with van der Waals surface area (Å²) in [4.78, 5) is 79.4. The zero-order chi connectivity index (χ0) is 35.5. The molecule has 1 aliphatic rings. The van der Waals surface area contributed by atoms with E-state index < -0.39 is 53.1 Å². The smallest absolute Gasteiger partial charge is 0.315 e.